The predicted octanol–water partition coefficient (Wildman–Crippen LogP) is 3.13. The first-order valence-electron chi connectivity index (χ1n) is 9.54. The number of aromatic nitrogens is 1. The van der Waals surface area contributed by atoms with Crippen molar-refractivity contribution in [1.29, 1.82) is 10.5 Å². The van der Waals surface area contributed by atoms with Gasteiger partial charge in [0.2, 0.25) is 0 Å². The molecular weight excluding hydrogens is 392 g/mol. The van der Waals surface area contributed by atoms with Crippen molar-refractivity contribution in [2.24, 2.45) is 0 Å². The lowest BCUT2D eigenvalue weighted by Crippen LogP contribution is -2.23. The Labute approximate surface area is 180 Å². The van der Waals surface area contributed by atoms with E-state index >= 15 is 0 Å². The number of aliphatic hydroxyl groups is 1. The van der Waals surface area contributed by atoms with Gasteiger partial charge in [-0.1, -0.05) is 12.1 Å². The molecule has 2 aromatic carbocycles. The van der Waals surface area contributed by atoms with Gasteiger partial charge in [0, 0.05) is 23.9 Å². The van der Waals surface area contributed by atoms with Gasteiger partial charge in [-0.2, -0.15) is 10.5 Å². The first-order valence-corrected chi connectivity index (χ1v) is 9.54. The largest absolute Gasteiger partial charge is 0.487 e. The summed E-state index contributed by atoms with van der Waals surface area (Å²) in [7, 11) is 0. The third-order valence-electron chi connectivity index (χ3n) is 4.74. The lowest BCUT2D eigenvalue weighted by atomic mass is 10.1. The molecule has 7 nitrogen and oxygen atoms in total. The number of aliphatic hydroxyl groups excluding tert-OH is 1. The van der Waals surface area contributed by atoms with Gasteiger partial charge in [-0.05, 0) is 54.4 Å². The molecule has 0 bridgehead atoms. The van der Waals surface area contributed by atoms with Gasteiger partial charge in [-0.25, -0.2) is 0 Å². The molecular formula is C24H20N4O3. The van der Waals surface area contributed by atoms with E-state index in [1.807, 2.05) is 18.2 Å². The summed E-state index contributed by atoms with van der Waals surface area (Å²) in [5.41, 5.74) is 4.18. The molecule has 154 valence electrons. The quantitative estimate of drug-likeness (QED) is 0.615. The molecule has 1 amide bonds. The zero-order chi connectivity index (χ0) is 22.2. The average Bonchev–Trinajstić information content (AvgIpc) is 2.82. The molecule has 0 saturated carbocycles. The molecule has 0 aliphatic rings. The summed E-state index contributed by atoms with van der Waals surface area (Å²) in [6.07, 6.45) is 1.61. The van der Waals surface area contributed by atoms with Crippen molar-refractivity contribution in [3.05, 3.63) is 93.8 Å². The Morgan fingerprint density at radius 2 is 1.68 bits per heavy atom. The zero-order valence-corrected chi connectivity index (χ0v) is 16.9. The van der Waals surface area contributed by atoms with E-state index in [4.69, 9.17) is 15.3 Å². The highest BCUT2D eigenvalue weighted by Gasteiger charge is 2.15. The van der Waals surface area contributed by atoms with Crippen molar-refractivity contribution in [1.82, 2.24) is 10.3 Å². The molecule has 0 fully saturated rings. The second-order valence-electron chi connectivity index (χ2n) is 6.80. The maximum absolute atomic E-state index is 12.4. The fourth-order valence-corrected chi connectivity index (χ4v) is 3.00. The van der Waals surface area contributed by atoms with Gasteiger partial charge >= 0.3 is 0 Å². The molecule has 0 aliphatic carbocycles. The number of rotatable bonds is 7. The van der Waals surface area contributed by atoms with Crippen LogP contribution in [0.4, 0.5) is 0 Å². The normalized spacial score (nSPS) is 10.1. The van der Waals surface area contributed by atoms with Crippen LogP contribution >= 0.6 is 0 Å². The first kappa shape index (κ1) is 21.5. The van der Waals surface area contributed by atoms with E-state index in [-0.39, 0.29) is 25.7 Å². The predicted molar refractivity (Wildman–Crippen MR) is 113 cm³/mol. The molecule has 0 radical (unpaired) electrons. The number of pyridine rings is 1. The number of amides is 1. The van der Waals surface area contributed by atoms with Crippen molar-refractivity contribution in [2.75, 3.05) is 0 Å². The van der Waals surface area contributed by atoms with E-state index < -0.39 is 0 Å². The van der Waals surface area contributed by atoms with Crippen LogP contribution in [0.25, 0.3) is 0 Å². The highest BCUT2D eigenvalue weighted by Crippen LogP contribution is 2.26. The summed E-state index contributed by atoms with van der Waals surface area (Å²) in [6, 6.07) is 17.5. The number of aryl methyl sites for hydroxylation is 1. The zero-order valence-electron chi connectivity index (χ0n) is 16.9. The van der Waals surface area contributed by atoms with Crippen molar-refractivity contribution < 1.29 is 14.6 Å². The van der Waals surface area contributed by atoms with Crippen LogP contribution in [0.15, 0.2) is 54.7 Å². The number of carbonyl (C=O) groups is 1. The molecule has 1 heterocycles. The third-order valence-corrected chi connectivity index (χ3v) is 4.74. The molecule has 0 spiro atoms. The number of nitriles is 2. The van der Waals surface area contributed by atoms with Crippen LogP contribution in [0, 0.1) is 29.6 Å². The summed E-state index contributed by atoms with van der Waals surface area (Å²) in [4.78, 5) is 16.7. The molecule has 0 unspecified atom stereocenters. The Bertz CT molecular complexity index is 1160. The van der Waals surface area contributed by atoms with Crippen LogP contribution in [-0.2, 0) is 19.8 Å². The highest BCUT2D eigenvalue weighted by molar-refractivity contribution is 5.94. The van der Waals surface area contributed by atoms with Gasteiger partial charge in [0.25, 0.3) is 5.91 Å². The minimum atomic E-state index is -0.297. The number of hydrogen-bond donors (Lipinski definition) is 2. The molecule has 0 atom stereocenters. The van der Waals surface area contributed by atoms with E-state index in [0.717, 1.165) is 5.56 Å². The number of hydrogen-bond acceptors (Lipinski definition) is 6. The Morgan fingerprint density at radius 1 is 1.06 bits per heavy atom. The SMILES string of the molecule is Cc1ncc(CNC(=O)c2ccc(C#N)cc2)c(CO)c1OCc1ccc(C#N)cc1. The van der Waals surface area contributed by atoms with Crippen molar-refractivity contribution in [2.45, 2.75) is 26.7 Å². The number of nitrogens with zero attached hydrogens (tertiary/aromatic N) is 3. The fraction of sp³-hybridized carbons (Fsp3) is 0.167. The van der Waals surface area contributed by atoms with Crippen molar-refractivity contribution in [3.8, 4) is 17.9 Å². The lowest BCUT2D eigenvalue weighted by molar-refractivity contribution is 0.0950. The Kier molecular flexibility index (Phi) is 6.95. The summed E-state index contributed by atoms with van der Waals surface area (Å²) in [5, 5.41) is 30.5. The summed E-state index contributed by atoms with van der Waals surface area (Å²) in [6.45, 7) is 1.93. The van der Waals surface area contributed by atoms with Crippen LogP contribution < -0.4 is 10.1 Å². The van der Waals surface area contributed by atoms with Crippen LogP contribution in [0.2, 0.25) is 0 Å². The van der Waals surface area contributed by atoms with Gasteiger partial charge in [-0.3, -0.25) is 9.78 Å². The number of nitrogens with one attached hydrogen (secondary N) is 1. The first-order chi connectivity index (χ1) is 15.0. The fourth-order valence-electron chi connectivity index (χ4n) is 3.00. The number of carbonyl (C=O) groups excluding carboxylic acids is 1. The Hall–Kier alpha value is -4.20. The Morgan fingerprint density at radius 3 is 2.26 bits per heavy atom. The minimum absolute atomic E-state index is 0.162. The minimum Gasteiger partial charge on any atom is -0.487 e. The summed E-state index contributed by atoms with van der Waals surface area (Å²) < 4.78 is 5.93. The monoisotopic (exact) mass is 412 g/mol. The van der Waals surface area contributed by atoms with Gasteiger partial charge in [0.1, 0.15) is 12.4 Å². The van der Waals surface area contributed by atoms with E-state index in [1.165, 1.54) is 0 Å². The van der Waals surface area contributed by atoms with Crippen LogP contribution in [0.3, 0.4) is 0 Å². The van der Waals surface area contributed by atoms with Crippen LogP contribution in [0.5, 0.6) is 5.75 Å². The maximum atomic E-state index is 12.4. The van der Waals surface area contributed by atoms with E-state index in [9.17, 15) is 9.90 Å². The molecule has 0 saturated heterocycles. The van der Waals surface area contributed by atoms with E-state index in [2.05, 4.69) is 16.4 Å². The van der Waals surface area contributed by atoms with Gasteiger partial charge in [-0.15, -0.1) is 0 Å². The molecule has 3 aromatic rings. The maximum Gasteiger partial charge on any atom is 0.251 e. The number of benzene rings is 2. The second kappa shape index (κ2) is 10.0. The average molecular weight is 412 g/mol. The van der Waals surface area contributed by atoms with Gasteiger partial charge < -0.3 is 15.2 Å². The molecule has 1 aromatic heterocycles. The smallest absolute Gasteiger partial charge is 0.251 e. The van der Waals surface area contributed by atoms with Crippen molar-refractivity contribution >= 4 is 5.91 Å². The van der Waals surface area contributed by atoms with Crippen LogP contribution in [0.1, 0.15) is 43.9 Å². The molecule has 0 aliphatic heterocycles. The van der Waals surface area contributed by atoms with Crippen LogP contribution in [-0.4, -0.2) is 16.0 Å². The highest BCUT2D eigenvalue weighted by atomic mass is 16.5. The van der Waals surface area contributed by atoms with Gasteiger partial charge in [0.05, 0.1) is 35.6 Å². The standard InChI is InChI=1S/C24H20N4O3/c1-16-23(31-15-19-4-2-17(10-25)3-5-19)22(14-29)21(12-27-16)13-28-24(30)20-8-6-18(11-26)7-9-20/h2-9,12,29H,13-15H2,1H3,(H,28,30). The molecule has 7 heteroatoms. The molecule has 3 rings (SSSR count). The summed E-state index contributed by atoms with van der Waals surface area (Å²) >= 11 is 0. The Balaban J connectivity index is 1.72. The molecule has 31 heavy (non-hydrogen) atoms. The number of ether oxygens (including phenoxy) is 1. The topological polar surface area (TPSA) is 119 Å². The van der Waals surface area contributed by atoms with Gasteiger partial charge in [0.15, 0.2) is 0 Å². The second-order valence-corrected chi connectivity index (χ2v) is 6.80. The van der Waals surface area contributed by atoms with Crippen molar-refractivity contribution in [3.63, 3.8) is 0 Å². The lowest BCUT2D eigenvalue weighted by Gasteiger charge is -2.16. The van der Waals surface area contributed by atoms with E-state index in [0.29, 0.717) is 39.3 Å². The molecule has 2 N–H and O–H groups in total. The van der Waals surface area contributed by atoms with E-state index in [1.54, 1.807) is 49.5 Å². The summed E-state index contributed by atoms with van der Waals surface area (Å²) in [5.74, 6) is 0.172. The third kappa shape index (κ3) is 5.24.